The quantitative estimate of drug-likeness (QED) is 0.769. The molecule has 1 aromatic carbocycles. The minimum Gasteiger partial charge on any atom is -0.507 e. The van der Waals surface area contributed by atoms with Gasteiger partial charge in [0.05, 0.1) is 0 Å². The second kappa shape index (κ2) is 4.09. The molecule has 2 aromatic rings. The molecule has 15 heavy (non-hydrogen) atoms. The van der Waals surface area contributed by atoms with E-state index in [0.29, 0.717) is 15.7 Å². The van der Waals surface area contributed by atoms with Crippen LogP contribution in [0.5, 0.6) is 5.75 Å². The molecule has 0 radical (unpaired) electrons. The van der Waals surface area contributed by atoms with Crippen molar-refractivity contribution in [2.75, 3.05) is 0 Å². The Morgan fingerprint density at radius 2 is 1.87 bits per heavy atom. The third kappa shape index (κ3) is 2.22. The number of phenolic OH excluding ortho intramolecular Hbond substituents is 1. The molecule has 2 rings (SSSR count). The van der Waals surface area contributed by atoms with Gasteiger partial charge in [-0.05, 0) is 35.9 Å². The number of hydrogen-bond acceptors (Lipinski definition) is 2. The highest BCUT2D eigenvalue weighted by Crippen LogP contribution is 2.32. The van der Waals surface area contributed by atoms with E-state index < -0.39 is 0 Å². The highest BCUT2D eigenvalue weighted by Gasteiger charge is 2.05. The van der Waals surface area contributed by atoms with Crippen molar-refractivity contribution in [3.8, 4) is 16.9 Å². The molecule has 0 aliphatic carbocycles. The van der Waals surface area contributed by atoms with Crippen molar-refractivity contribution in [2.45, 2.75) is 0 Å². The maximum Gasteiger partial charge on any atom is 0.129 e. The predicted molar refractivity (Wildman–Crippen MR) is 61.4 cm³/mol. The fraction of sp³-hybridized carbons (Fsp3) is 0. The summed E-state index contributed by atoms with van der Waals surface area (Å²) in [6, 6.07) is 8.29. The van der Waals surface area contributed by atoms with E-state index in [9.17, 15) is 5.11 Å². The van der Waals surface area contributed by atoms with E-state index in [1.807, 2.05) is 0 Å². The third-order valence-corrected chi connectivity index (χ3v) is 2.44. The van der Waals surface area contributed by atoms with Gasteiger partial charge in [0, 0.05) is 16.8 Å². The summed E-state index contributed by atoms with van der Waals surface area (Å²) in [7, 11) is 0. The van der Waals surface area contributed by atoms with Crippen LogP contribution in [0.25, 0.3) is 11.1 Å². The summed E-state index contributed by atoms with van der Waals surface area (Å²) in [5, 5.41) is 10.6. The van der Waals surface area contributed by atoms with E-state index in [2.05, 4.69) is 4.98 Å². The Balaban J connectivity index is 2.58. The average molecular weight is 240 g/mol. The SMILES string of the molecule is Oc1ccc(Cl)cc1-c1ccnc(Cl)c1. The molecule has 0 aliphatic heterocycles. The fourth-order valence-electron chi connectivity index (χ4n) is 1.31. The van der Waals surface area contributed by atoms with Gasteiger partial charge in [-0.25, -0.2) is 4.98 Å². The van der Waals surface area contributed by atoms with Crippen molar-refractivity contribution >= 4 is 23.2 Å². The average Bonchev–Trinajstić information content (AvgIpc) is 2.22. The van der Waals surface area contributed by atoms with Gasteiger partial charge in [-0.1, -0.05) is 23.2 Å². The smallest absolute Gasteiger partial charge is 0.129 e. The summed E-state index contributed by atoms with van der Waals surface area (Å²) in [5.41, 5.74) is 1.43. The number of aromatic nitrogens is 1. The van der Waals surface area contributed by atoms with Crippen LogP contribution in [0.1, 0.15) is 0 Å². The number of phenols is 1. The van der Waals surface area contributed by atoms with Gasteiger partial charge in [-0.2, -0.15) is 0 Å². The Hall–Kier alpha value is -1.25. The van der Waals surface area contributed by atoms with Gasteiger partial charge >= 0.3 is 0 Å². The number of halogens is 2. The molecular formula is C11H7Cl2NO. The van der Waals surface area contributed by atoms with Crippen LogP contribution in [0, 0.1) is 0 Å². The Kier molecular flexibility index (Phi) is 2.80. The van der Waals surface area contributed by atoms with Crippen LogP contribution in [0.4, 0.5) is 0 Å². The largest absolute Gasteiger partial charge is 0.507 e. The van der Waals surface area contributed by atoms with Crippen molar-refractivity contribution in [3.63, 3.8) is 0 Å². The molecule has 0 unspecified atom stereocenters. The van der Waals surface area contributed by atoms with Crippen molar-refractivity contribution in [1.82, 2.24) is 4.98 Å². The van der Waals surface area contributed by atoms with Crippen LogP contribution in [0.3, 0.4) is 0 Å². The zero-order valence-corrected chi connectivity index (χ0v) is 9.13. The van der Waals surface area contributed by atoms with Crippen molar-refractivity contribution < 1.29 is 5.11 Å². The Labute approximate surface area is 97.1 Å². The Morgan fingerprint density at radius 1 is 1.07 bits per heavy atom. The van der Waals surface area contributed by atoms with Crippen molar-refractivity contribution in [2.24, 2.45) is 0 Å². The molecule has 0 amide bonds. The van der Waals surface area contributed by atoms with E-state index >= 15 is 0 Å². The van der Waals surface area contributed by atoms with Crippen LogP contribution in [-0.4, -0.2) is 10.1 Å². The van der Waals surface area contributed by atoms with Gasteiger partial charge in [0.2, 0.25) is 0 Å². The second-order valence-electron chi connectivity index (χ2n) is 3.03. The highest BCUT2D eigenvalue weighted by atomic mass is 35.5. The summed E-state index contributed by atoms with van der Waals surface area (Å²) in [6.45, 7) is 0. The summed E-state index contributed by atoms with van der Waals surface area (Å²) >= 11 is 11.6. The van der Waals surface area contributed by atoms with Gasteiger partial charge in [0.25, 0.3) is 0 Å². The lowest BCUT2D eigenvalue weighted by Gasteiger charge is -2.05. The molecule has 1 N–H and O–H groups in total. The number of benzene rings is 1. The Bertz CT molecular complexity index is 500. The molecular weight excluding hydrogens is 233 g/mol. The van der Waals surface area contributed by atoms with Crippen LogP contribution < -0.4 is 0 Å². The van der Waals surface area contributed by atoms with E-state index in [1.165, 1.54) is 0 Å². The fourth-order valence-corrected chi connectivity index (χ4v) is 1.66. The molecule has 2 nitrogen and oxygen atoms in total. The number of pyridine rings is 1. The monoisotopic (exact) mass is 239 g/mol. The number of aromatic hydroxyl groups is 1. The standard InChI is InChI=1S/C11H7Cl2NO/c12-8-1-2-10(15)9(6-8)7-3-4-14-11(13)5-7/h1-6,15H. The molecule has 0 bridgehead atoms. The van der Waals surface area contributed by atoms with Gasteiger partial charge in [0.15, 0.2) is 0 Å². The second-order valence-corrected chi connectivity index (χ2v) is 3.85. The number of rotatable bonds is 1. The molecule has 76 valence electrons. The van der Waals surface area contributed by atoms with Crippen molar-refractivity contribution in [3.05, 3.63) is 46.7 Å². The van der Waals surface area contributed by atoms with Crippen molar-refractivity contribution in [1.29, 1.82) is 0 Å². The van der Waals surface area contributed by atoms with Gasteiger partial charge in [0.1, 0.15) is 10.9 Å². The minimum absolute atomic E-state index is 0.168. The summed E-state index contributed by atoms with van der Waals surface area (Å²) in [6.07, 6.45) is 1.58. The highest BCUT2D eigenvalue weighted by molar-refractivity contribution is 6.31. The van der Waals surface area contributed by atoms with E-state index in [4.69, 9.17) is 23.2 Å². The molecule has 0 fully saturated rings. The van der Waals surface area contributed by atoms with Gasteiger partial charge in [-0.3, -0.25) is 0 Å². The minimum atomic E-state index is 0.168. The van der Waals surface area contributed by atoms with Crippen LogP contribution in [0.15, 0.2) is 36.5 Å². The van der Waals surface area contributed by atoms with E-state index in [-0.39, 0.29) is 5.75 Å². The third-order valence-electron chi connectivity index (χ3n) is 2.00. The molecule has 1 heterocycles. The normalized spacial score (nSPS) is 10.3. The maximum absolute atomic E-state index is 9.66. The topological polar surface area (TPSA) is 33.1 Å². The van der Waals surface area contributed by atoms with E-state index in [1.54, 1.807) is 36.5 Å². The number of nitrogens with zero attached hydrogens (tertiary/aromatic N) is 1. The molecule has 0 saturated carbocycles. The van der Waals surface area contributed by atoms with Crippen LogP contribution in [-0.2, 0) is 0 Å². The first kappa shape index (κ1) is 10.3. The lowest BCUT2D eigenvalue weighted by Crippen LogP contribution is -1.81. The molecule has 0 spiro atoms. The zero-order valence-electron chi connectivity index (χ0n) is 7.61. The van der Waals surface area contributed by atoms with Crippen LogP contribution in [0.2, 0.25) is 10.2 Å². The summed E-state index contributed by atoms with van der Waals surface area (Å²) in [4.78, 5) is 3.87. The van der Waals surface area contributed by atoms with Gasteiger partial charge < -0.3 is 5.11 Å². The van der Waals surface area contributed by atoms with Gasteiger partial charge in [-0.15, -0.1) is 0 Å². The molecule has 4 heteroatoms. The first-order valence-corrected chi connectivity index (χ1v) is 5.03. The first-order valence-electron chi connectivity index (χ1n) is 4.27. The predicted octanol–water partition coefficient (Wildman–Crippen LogP) is 3.76. The summed E-state index contributed by atoms with van der Waals surface area (Å²) in [5.74, 6) is 0.168. The summed E-state index contributed by atoms with van der Waals surface area (Å²) < 4.78 is 0. The maximum atomic E-state index is 9.66. The first-order chi connectivity index (χ1) is 7.16. The zero-order chi connectivity index (χ0) is 10.8. The number of hydrogen-bond donors (Lipinski definition) is 1. The Morgan fingerprint density at radius 3 is 2.60 bits per heavy atom. The lowest BCUT2D eigenvalue weighted by molar-refractivity contribution is 0.477. The lowest BCUT2D eigenvalue weighted by atomic mass is 10.1. The van der Waals surface area contributed by atoms with Crippen LogP contribution >= 0.6 is 23.2 Å². The van der Waals surface area contributed by atoms with E-state index in [0.717, 1.165) is 5.56 Å². The molecule has 0 atom stereocenters. The molecule has 1 aromatic heterocycles. The molecule has 0 saturated heterocycles. The molecule has 0 aliphatic rings.